The average Bonchev–Trinajstić information content (AvgIpc) is 2.80. The summed E-state index contributed by atoms with van der Waals surface area (Å²) in [5, 5.41) is 7.76. The van der Waals surface area contributed by atoms with Gasteiger partial charge in [-0.2, -0.15) is 5.10 Å². The number of aromatic amines is 1. The summed E-state index contributed by atoms with van der Waals surface area (Å²) in [6.45, 7) is 4.98. The molecule has 1 aromatic carbocycles. The van der Waals surface area contributed by atoms with Crippen molar-refractivity contribution in [3.05, 3.63) is 23.9 Å². The molecule has 0 spiro atoms. The molecule has 5 nitrogen and oxygen atoms in total. The summed E-state index contributed by atoms with van der Waals surface area (Å²) in [6, 6.07) is 5.41. The van der Waals surface area contributed by atoms with Crippen LogP contribution in [0.4, 0.5) is 5.69 Å². The van der Waals surface area contributed by atoms with Gasteiger partial charge in [0.1, 0.15) is 0 Å². The third kappa shape index (κ3) is 2.70. The highest BCUT2D eigenvalue weighted by Crippen LogP contribution is 2.20. The van der Waals surface area contributed by atoms with E-state index in [9.17, 15) is 4.79 Å². The van der Waals surface area contributed by atoms with Crippen molar-refractivity contribution in [1.29, 1.82) is 0 Å². The van der Waals surface area contributed by atoms with Crippen molar-refractivity contribution >= 4 is 22.5 Å². The molecular formula is C14H20N4O. The van der Waals surface area contributed by atoms with Crippen LogP contribution in [0.1, 0.15) is 30.8 Å². The Morgan fingerprint density at radius 3 is 2.95 bits per heavy atom. The number of nitrogens with one attached hydrogen (secondary N) is 1. The molecule has 1 aromatic heterocycles. The zero-order valence-corrected chi connectivity index (χ0v) is 11.6. The molecule has 19 heavy (non-hydrogen) atoms. The summed E-state index contributed by atoms with van der Waals surface area (Å²) >= 11 is 0. The Bertz CT molecular complexity index is 590. The topological polar surface area (TPSA) is 75.0 Å². The molecule has 1 unspecified atom stereocenters. The van der Waals surface area contributed by atoms with Gasteiger partial charge in [0.15, 0.2) is 5.69 Å². The van der Waals surface area contributed by atoms with E-state index in [0.29, 0.717) is 17.3 Å². The van der Waals surface area contributed by atoms with Crippen LogP contribution < -0.4 is 5.73 Å². The van der Waals surface area contributed by atoms with Crippen LogP contribution in [-0.4, -0.2) is 34.6 Å². The van der Waals surface area contributed by atoms with Crippen LogP contribution in [0.3, 0.4) is 0 Å². The normalized spacial score (nSPS) is 12.6. The van der Waals surface area contributed by atoms with Crippen molar-refractivity contribution in [2.24, 2.45) is 5.92 Å². The maximum absolute atomic E-state index is 12.4. The van der Waals surface area contributed by atoms with E-state index >= 15 is 0 Å². The molecule has 0 fully saturated rings. The number of carbonyl (C=O) groups excluding carboxylic acids is 1. The molecule has 1 amide bonds. The van der Waals surface area contributed by atoms with Gasteiger partial charge in [0.2, 0.25) is 0 Å². The van der Waals surface area contributed by atoms with E-state index in [2.05, 4.69) is 24.0 Å². The van der Waals surface area contributed by atoms with E-state index in [1.54, 1.807) is 24.1 Å². The summed E-state index contributed by atoms with van der Waals surface area (Å²) in [7, 11) is 1.81. The lowest BCUT2D eigenvalue weighted by Crippen LogP contribution is -2.31. The minimum atomic E-state index is -0.0721. The molecule has 102 valence electrons. The third-order valence-corrected chi connectivity index (χ3v) is 3.42. The van der Waals surface area contributed by atoms with E-state index in [-0.39, 0.29) is 5.91 Å². The minimum absolute atomic E-state index is 0.0721. The molecule has 3 N–H and O–H groups in total. The van der Waals surface area contributed by atoms with E-state index < -0.39 is 0 Å². The Morgan fingerprint density at radius 1 is 1.53 bits per heavy atom. The van der Waals surface area contributed by atoms with Crippen molar-refractivity contribution < 1.29 is 4.79 Å². The van der Waals surface area contributed by atoms with Gasteiger partial charge in [0.05, 0.1) is 5.52 Å². The quantitative estimate of drug-likeness (QED) is 0.828. The standard InChI is InChI=1S/C14H20N4O/c1-4-9(2)8-18(3)14(19)13-11-7-10(15)5-6-12(11)16-17-13/h5-7,9H,4,8,15H2,1-3H3,(H,16,17). The molecule has 0 aliphatic heterocycles. The highest BCUT2D eigenvalue weighted by molar-refractivity contribution is 6.05. The van der Waals surface area contributed by atoms with Gasteiger partial charge in [-0.1, -0.05) is 20.3 Å². The summed E-state index contributed by atoms with van der Waals surface area (Å²) in [4.78, 5) is 14.1. The fraction of sp³-hybridized carbons (Fsp3) is 0.429. The highest BCUT2D eigenvalue weighted by atomic mass is 16.2. The van der Waals surface area contributed by atoms with Crippen molar-refractivity contribution in [2.45, 2.75) is 20.3 Å². The Labute approximate surface area is 112 Å². The average molecular weight is 260 g/mol. The summed E-state index contributed by atoms with van der Waals surface area (Å²) in [6.07, 6.45) is 1.05. The Balaban J connectivity index is 2.28. The number of anilines is 1. The second-order valence-electron chi connectivity index (χ2n) is 5.08. The van der Waals surface area contributed by atoms with Gasteiger partial charge in [-0.05, 0) is 24.1 Å². The second kappa shape index (κ2) is 5.30. The number of amides is 1. The second-order valence-corrected chi connectivity index (χ2v) is 5.08. The number of fused-ring (bicyclic) bond motifs is 1. The molecule has 0 aliphatic carbocycles. The van der Waals surface area contributed by atoms with Gasteiger partial charge >= 0.3 is 0 Å². The molecule has 0 radical (unpaired) electrons. The number of benzene rings is 1. The summed E-state index contributed by atoms with van der Waals surface area (Å²) in [5.41, 5.74) is 7.66. The molecule has 1 atom stereocenters. The number of nitrogens with two attached hydrogens (primary N) is 1. The van der Waals surface area contributed by atoms with Crippen LogP contribution in [0, 0.1) is 5.92 Å². The first-order chi connectivity index (χ1) is 9.02. The summed E-state index contributed by atoms with van der Waals surface area (Å²) < 4.78 is 0. The first-order valence-electron chi connectivity index (χ1n) is 6.52. The van der Waals surface area contributed by atoms with E-state index in [1.165, 1.54) is 0 Å². The maximum atomic E-state index is 12.4. The SMILES string of the molecule is CCC(C)CN(C)C(=O)c1n[nH]c2ccc(N)cc12. The lowest BCUT2D eigenvalue weighted by molar-refractivity contribution is 0.0771. The zero-order valence-electron chi connectivity index (χ0n) is 11.6. The first kappa shape index (κ1) is 13.4. The Morgan fingerprint density at radius 2 is 2.26 bits per heavy atom. The smallest absolute Gasteiger partial charge is 0.274 e. The lowest BCUT2D eigenvalue weighted by atomic mass is 10.1. The molecular weight excluding hydrogens is 240 g/mol. The number of aromatic nitrogens is 2. The molecule has 5 heteroatoms. The van der Waals surface area contributed by atoms with E-state index in [4.69, 9.17) is 5.73 Å². The van der Waals surface area contributed by atoms with Gasteiger partial charge in [-0.15, -0.1) is 0 Å². The maximum Gasteiger partial charge on any atom is 0.274 e. The highest BCUT2D eigenvalue weighted by Gasteiger charge is 2.19. The van der Waals surface area contributed by atoms with Gasteiger partial charge in [-0.25, -0.2) is 0 Å². The zero-order chi connectivity index (χ0) is 14.0. The molecule has 2 aromatic rings. The van der Waals surface area contributed by atoms with Gasteiger partial charge in [-0.3, -0.25) is 9.89 Å². The third-order valence-electron chi connectivity index (χ3n) is 3.42. The molecule has 0 saturated carbocycles. The summed E-state index contributed by atoms with van der Waals surface area (Å²) in [5.74, 6) is 0.404. The van der Waals surface area contributed by atoms with Gasteiger partial charge in [0, 0.05) is 24.7 Å². The van der Waals surface area contributed by atoms with Gasteiger partial charge in [0.25, 0.3) is 5.91 Å². The molecule has 0 aliphatic rings. The van der Waals surface area contributed by atoms with Crippen molar-refractivity contribution in [3.63, 3.8) is 0 Å². The predicted molar refractivity (Wildman–Crippen MR) is 76.9 cm³/mol. The minimum Gasteiger partial charge on any atom is -0.399 e. The number of hydrogen-bond acceptors (Lipinski definition) is 3. The van der Waals surface area contributed by atoms with Crippen molar-refractivity contribution in [3.8, 4) is 0 Å². The van der Waals surface area contributed by atoms with Crippen molar-refractivity contribution in [1.82, 2.24) is 15.1 Å². The lowest BCUT2D eigenvalue weighted by Gasteiger charge is -2.19. The number of carbonyl (C=O) groups is 1. The molecule has 2 rings (SSSR count). The van der Waals surface area contributed by atoms with Crippen LogP contribution >= 0.6 is 0 Å². The predicted octanol–water partition coefficient (Wildman–Crippen LogP) is 2.26. The van der Waals surface area contributed by atoms with Gasteiger partial charge < -0.3 is 10.6 Å². The largest absolute Gasteiger partial charge is 0.399 e. The Kier molecular flexibility index (Phi) is 3.74. The Hall–Kier alpha value is -2.04. The number of nitrogen functional groups attached to an aromatic ring is 1. The molecule has 0 saturated heterocycles. The monoisotopic (exact) mass is 260 g/mol. The van der Waals surface area contributed by atoms with Crippen LogP contribution in [0.25, 0.3) is 10.9 Å². The first-order valence-corrected chi connectivity index (χ1v) is 6.52. The fourth-order valence-electron chi connectivity index (χ4n) is 2.05. The van der Waals surface area contributed by atoms with Crippen LogP contribution in [-0.2, 0) is 0 Å². The number of rotatable bonds is 4. The van der Waals surface area contributed by atoms with Crippen LogP contribution in [0.5, 0.6) is 0 Å². The number of nitrogens with zero attached hydrogens (tertiary/aromatic N) is 2. The number of H-pyrrole nitrogens is 1. The molecule has 0 bridgehead atoms. The van der Waals surface area contributed by atoms with E-state index in [0.717, 1.165) is 23.9 Å². The van der Waals surface area contributed by atoms with Crippen molar-refractivity contribution in [2.75, 3.05) is 19.3 Å². The van der Waals surface area contributed by atoms with Crippen LogP contribution in [0.15, 0.2) is 18.2 Å². The fourth-order valence-corrected chi connectivity index (χ4v) is 2.05. The van der Waals surface area contributed by atoms with Crippen LogP contribution in [0.2, 0.25) is 0 Å². The van der Waals surface area contributed by atoms with E-state index in [1.807, 2.05) is 6.07 Å². The molecule has 1 heterocycles. The number of hydrogen-bond donors (Lipinski definition) is 2.